The maximum atomic E-state index is 4.65. The van der Waals surface area contributed by atoms with Gasteiger partial charge in [0.25, 0.3) is 0 Å². The minimum absolute atomic E-state index is 0. The van der Waals surface area contributed by atoms with Crippen molar-refractivity contribution < 1.29 is 34.8 Å². The first-order valence-corrected chi connectivity index (χ1v) is 17.8. The van der Waals surface area contributed by atoms with Crippen molar-refractivity contribution in [1.29, 1.82) is 0 Å². The second-order valence-corrected chi connectivity index (χ2v) is 14.6. The van der Waals surface area contributed by atoms with Crippen molar-refractivity contribution in [2.24, 2.45) is 0 Å². The van der Waals surface area contributed by atoms with Crippen LogP contribution in [-0.4, -0.2) is 9.97 Å². The smallest absolute Gasteiger partial charge is 1.00 e. The number of rotatable bonds is 6. The molecule has 2 nitrogen and oxygen atoms in total. The van der Waals surface area contributed by atoms with Gasteiger partial charge in [-0.05, 0) is 66.0 Å². The van der Waals surface area contributed by atoms with E-state index in [2.05, 4.69) is 204 Å². The number of hydrogen-bond donors (Lipinski definition) is 1. The van der Waals surface area contributed by atoms with Gasteiger partial charge in [0.2, 0.25) is 0 Å². The average molecular weight is 780 g/mol. The fourth-order valence-electron chi connectivity index (χ4n) is 4.67. The van der Waals surface area contributed by atoms with Crippen molar-refractivity contribution in [3.8, 4) is 0 Å². The summed E-state index contributed by atoms with van der Waals surface area (Å²) in [6.07, 6.45) is 3.40. The van der Waals surface area contributed by atoms with Crippen LogP contribution in [-0.2, 0) is 22.4 Å². The van der Waals surface area contributed by atoms with E-state index in [1.807, 2.05) is 0 Å². The molecular formula is C40H34AgClN2P2S. The molecule has 0 atom stereocenters. The molecule has 1 heterocycles. The topological polar surface area (TPSA) is 28.7 Å². The number of benzene rings is 6. The van der Waals surface area contributed by atoms with Gasteiger partial charge in [0.05, 0.1) is 0 Å². The molecule has 0 fully saturated rings. The minimum atomic E-state index is -0.446. The molecule has 6 aromatic carbocycles. The first-order valence-electron chi connectivity index (χ1n) is 14.7. The quantitative estimate of drug-likeness (QED) is 0.146. The number of aromatic amines is 1. The fourth-order valence-corrected chi connectivity index (χ4v) is 9.41. The van der Waals surface area contributed by atoms with Gasteiger partial charge >= 0.3 is 22.4 Å². The summed E-state index contributed by atoms with van der Waals surface area (Å²) in [5.41, 5.74) is 0. The van der Waals surface area contributed by atoms with Gasteiger partial charge in [0.15, 0.2) is 4.77 Å². The van der Waals surface area contributed by atoms with Crippen LogP contribution < -0.4 is 44.2 Å². The molecule has 0 saturated carbocycles. The van der Waals surface area contributed by atoms with Crippen LogP contribution in [0.4, 0.5) is 0 Å². The number of hydrogen-bond acceptors (Lipinski definition) is 2. The van der Waals surface area contributed by atoms with Crippen LogP contribution in [0, 0.1) is 4.77 Å². The maximum Gasteiger partial charge on any atom is 1.00 e. The molecule has 0 radical (unpaired) electrons. The molecule has 0 bridgehead atoms. The van der Waals surface area contributed by atoms with Gasteiger partial charge in [0, 0.05) is 12.4 Å². The number of nitrogens with one attached hydrogen (secondary N) is 1. The molecule has 0 spiro atoms. The number of nitrogens with zero attached hydrogens (tertiary/aromatic N) is 1. The Balaban J connectivity index is 0.000000205. The van der Waals surface area contributed by atoms with Gasteiger partial charge in [-0.2, -0.15) is 0 Å². The zero-order valence-electron chi connectivity index (χ0n) is 25.5. The minimum Gasteiger partial charge on any atom is -1.00 e. The predicted molar refractivity (Wildman–Crippen MR) is 200 cm³/mol. The monoisotopic (exact) mass is 778 g/mol. The predicted octanol–water partition coefficient (Wildman–Crippen LogP) is 5.03. The van der Waals surface area contributed by atoms with Crippen LogP contribution in [0.3, 0.4) is 0 Å². The molecule has 0 unspecified atom stereocenters. The maximum absolute atomic E-state index is 4.65. The standard InChI is InChI=1S/2C18H15P.C4H4N2S.Ag.ClH/c2*1-4-10-16(11-5-1)19(17-12-6-2-7-13-17)18-14-8-3-9-15-18;7-4-5-2-1-3-6-4;;/h2*1-15H;1-3H,(H,5,6,7);;1H/q;;;+1;/p-1. The normalized spacial score (nSPS) is 9.83. The van der Waals surface area contributed by atoms with E-state index < -0.39 is 15.8 Å². The van der Waals surface area contributed by atoms with Crippen molar-refractivity contribution >= 4 is 59.9 Å². The van der Waals surface area contributed by atoms with Crippen LogP contribution in [0.2, 0.25) is 0 Å². The summed E-state index contributed by atoms with van der Waals surface area (Å²) in [6.45, 7) is 0. The van der Waals surface area contributed by atoms with E-state index >= 15 is 0 Å². The molecule has 238 valence electrons. The Morgan fingerprint density at radius 3 is 0.766 bits per heavy atom. The summed E-state index contributed by atoms with van der Waals surface area (Å²) in [6, 6.07) is 66.4. The molecule has 7 heteroatoms. The average Bonchev–Trinajstić information content (AvgIpc) is 3.12. The molecule has 1 aromatic heterocycles. The molecule has 47 heavy (non-hydrogen) atoms. The van der Waals surface area contributed by atoms with Crippen molar-refractivity contribution in [1.82, 2.24) is 9.97 Å². The summed E-state index contributed by atoms with van der Waals surface area (Å²) in [5, 5.41) is 8.39. The zero-order valence-corrected chi connectivity index (χ0v) is 30.3. The fraction of sp³-hybridized carbons (Fsp3) is 0. The SMILES string of the molecule is S=c1nccc[nH]1.[Ag+].[Cl-].c1ccc(P(c2ccccc2)c2ccccc2)cc1.c1ccc(P(c2ccccc2)c2ccccc2)cc1. The largest absolute Gasteiger partial charge is 1.00 e. The molecule has 7 aromatic rings. The first kappa shape index (κ1) is 38.0. The third-order valence-corrected chi connectivity index (χ3v) is 11.8. The zero-order chi connectivity index (χ0) is 30.9. The van der Waals surface area contributed by atoms with Gasteiger partial charge in [0.1, 0.15) is 0 Å². The Morgan fingerprint density at radius 1 is 0.383 bits per heavy atom. The van der Waals surface area contributed by atoms with E-state index in [1.165, 1.54) is 31.8 Å². The molecular weight excluding hydrogens is 746 g/mol. The Bertz CT molecular complexity index is 1540. The van der Waals surface area contributed by atoms with E-state index in [1.54, 1.807) is 18.5 Å². The molecule has 0 aliphatic rings. The van der Waals surface area contributed by atoms with Gasteiger partial charge in [-0.3, -0.25) is 0 Å². The molecule has 0 aliphatic heterocycles. The Kier molecular flexibility index (Phi) is 17.3. The van der Waals surface area contributed by atoms with Gasteiger partial charge in [-0.15, -0.1) is 0 Å². The number of aromatic nitrogens is 2. The Labute approximate surface area is 307 Å². The van der Waals surface area contributed by atoms with Crippen molar-refractivity contribution in [3.63, 3.8) is 0 Å². The second-order valence-electron chi connectivity index (χ2n) is 9.77. The summed E-state index contributed by atoms with van der Waals surface area (Å²) in [5.74, 6) is 0. The van der Waals surface area contributed by atoms with Crippen molar-refractivity contribution in [2.75, 3.05) is 0 Å². The Morgan fingerprint density at radius 2 is 0.617 bits per heavy atom. The summed E-state index contributed by atoms with van der Waals surface area (Å²) in [4.78, 5) is 6.47. The molecule has 1 N–H and O–H groups in total. The third kappa shape index (κ3) is 11.9. The third-order valence-electron chi connectivity index (χ3n) is 6.67. The van der Waals surface area contributed by atoms with E-state index in [0.717, 1.165) is 0 Å². The Hall–Kier alpha value is -3.49. The van der Waals surface area contributed by atoms with E-state index in [4.69, 9.17) is 0 Å². The molecule has 7 rings (SSSR count). The van der Waals surface area contributed by atoms with E-state index in [-0.39, 0.29) is 34.8 Å². The van der Waals surface area contributed by atoms with E-state index in [0.29, 0.717) is 4.77 Å². The van der Waals surface area contributed by atoms with Gasteiger partial charge < -0.3 is 17.4 Å². The van der Waals surface area contributed by atoms with E-state index in [9.17, 15) is 0 Å². The molecule has 0 aliphatic carbocycles. The molecule has 0 amide bonds. The summed E-state index contributed by atoms with van der Waals surface area (Å²) in [7, 11) is -0.892. The van der Waals surface area contributed by atoms with Crippen molar-refractivity contribution in [2.45, 2.75) is 0 Å². The molecule has 0 saturated heterocycles. The van der Waals surface area contributed by atoms with Crippen molar-refractivity contribution in [3.05, 3.63) is 205 Å². The van der Waals surface area contributed by atoms with Crippen LogP contribution in [0.25, 0.3) is 0 Å². The van der Waals surface area contributed by atoms with Crippen LogP contribution >= 0.6 is 28.1 Å². The summed E-state index contributed by atoms with van der Waals surface area (Å²) < 4.78 is 0.530. The number of H-pyrrole nitrogens is 1. The second kappa shape index (κ2) is 21.4. The van der Waals surface area contributed by atoms with Gasteiger partial charge in [-0.1, -0.05) is 182 Å². The van der Waals surface area contributed by atoms with Crippen LogP contribution in [0.1, 0.15) is 0 Å². The van der Waals surface area contributed by atoms with Crippen LogP contribution in [0.15, 0.2) is 200 Å². The summed E-state index contributed by atoms with van der Waals surface area (Å²) >= 11 is 4.65. The first-order chi connectivity index (χ1) is 22.3. The van der Waals surface area contributed by atoms with Crippen LogP contribution in [0.5, 0.6) is 0 Å². The van der Waals surface area contributed by atoms with Gasteiger partial charge in [-0.25, -0.2) is 4.98 Å². The number of halogens is 1.